The summed E-state index contributed by atoms with van der Waals surface area (Å²) in [5.74, 6) is -0.873. The van der Waals surface area contributed by atoms with Gasteiger partial charge in [-0.1, -0.05) is 5.11 Å². The van der Waals surface area contributed by atoms with Gasteiger partial charge in [-0.25, -0.2) is 0 Å². The first-order valence-electron chi connectivity index (χ1n) is 7.57. The number of hydrogen-bond acceptors (Lipinski definition) is 6. The summed E-state index contributed by atoms with van der Waals surface area (Å²) in [4.78, 5) is 39.7. The fourth-order valence-corrected chi connectivity index (χ4v) is 1.95. The minimum Gasteiger partial charge on any atom is -0.377 e. The van der Waals surface area contributed by atoms with Crippen molar-refractivity contribution >= 4 is 17.7 Å². The maximum atomic E-state index is 11.8. The number of carbonyl (C=O) groups excluding carboxylic acids is 3. The summed E-state index contributed by atoms with van der Waals surface area (Å²) in [5.41, 5.74) is 8.21. The zero-order chi connectivity index (χ0) is 17.8. The molecule has 0 aromatic rings. The Hall–Kier alpha value is -2.42. The van der Waals surface area contributed by atoms with Crippen LogP contribution in [0.1, 0.15) is 6.92 Å². The van der Waals surface area contributed by atoms with Crippen molar-refractivity contribution in [1.82, 2.24) is 9.80 Å². The maximum absolute atomic E-state index is 11.8. The summed E-state index contributed by atoms with van der Waals surface area (Å²) >= 11 is 0. The fraction of sp³-hybridized carbons (Fsp3) is 0.643. The highest BCUT2D eigenvalue weighted by Crippen LogP contribution is 2.02. The summed E-state index contributed by atoms with van der Waals surface area (Å²) in [6.07, 6.45) is 2.44. The molecule has 1 heterocycles. The molecule has 0 saturated heterocycles. The smallest absolute Gasteiger partial charge is 0.253 e. The van der Waals surface area contributed by atoms with Crippen molar-refractivity contribution in [3.05, 3.63) is 22.6 Å². The lowest BCUT2D eigenvalue weighted by atomic mass is 10.4. The second-order valence-electron chi connectivity index (χ2n) is 4.75. The SMILES string of the molecule is CCN(CCN=[N+]=[N-])C(=O)COCCOCCN1C(=O)C=CC1=O. The van der Waals surface area contributed by atoms with E-state index in [0.717, 1.165) is 4.90 Å². The van der Waals surface area contributed by atoms with E-state index >= 15 is 0 Å². The van der Waals surface area contributed by atoms with Crippen molar-refractivity contribution in [3.63, 3.8) is 0 Å². The van der Waals surface area contributed by atoms with Crippen LogP contribution in [0.4, 0.5) is 0 Å². The molecule has 0 fully saturated rings. The van der Waals surface area contributed by atoms with E-state index < -0.39 is 0 Å². The van der Waals surface area contributed by atoms with Crippen LogP contribution in [-0.4, -0.2) is 80.1 Å². The minimum absolute atomic E-state index is 0.0829. The predicted molar refractivity (Wildman–Crippen MR) is 83.8 cm³/mol. The third-order valence-corrected chi connectivity index (χ3v) is 3.22. The number of amides is 3. The Labute approximate surface area is 139 Å². The highest BCUT2D eigenvalue weighted by molar-refractivity contribution is 6.12. The Kier molecular flexibility index (Phi) is 9.13. The van der Waals surface area contributed by atoms with Gasteiger partial charge in [0.2, 0.25) is 5.91 Å². The first-order chi connectivity index (χ1) is 11.6. The molecule has 3 amide bonds. The van der Waals surface area contributed by atoms with Gasteiger partial charge in [0.05, 0.1) is 26.4 Å². The topological polar surface area (TPSA) is 125 Å². The Morgan fingerprint density at radius 1 is 1.25 bits per heavy atom. The average Bonchev–Trinajstić information content (AvgIpc) is 2.89. The van der Waals surface area contributed by atoms with Crippen molar-refractivity contribution in [1.29, 1.82) is 0 Å². The van der Waals surface area contributed by atoms with Crippen LogP contribution < -0.4 is 0 Å². The Morgan fingerprint density at radius 2 is 1.92 bits per heavy atom. The molecule has 132 valence electrons. The van der Waals surface area contributed by atoms with Crippen molar-refractivity contribution in [2.75, 3.05) is 52.6 Å². The third kappa shape index (κ3) is 6.78. The molecular formula is C14H21N5O5. The summed E-state index contributed by atoms with van der Waals surface area (Å²) in [6.45, 7) is 3.70. The fourth-order valence-electron chi connectivity index (χ4n) is 1.95. The van der Waals surface area contributed by atoms with E-state index in [9.17, 15) is 14.4 Å². The van der Waals surface area contributed by atoms with E-state index in [1.165, 1.54) is 17.1 Å². The second-order valence-corrected chi connectivity index (χ2v) is 4.75. The Morgan fingerprint density at radius 3 is 2.54 bits per heavy atom. The zero-order valence-corrected chi connectivity index (χ0v) is 13.6. The Balaban J connectivity index is 2.06. The lowest BCUT2D eigenvalue weighted by molar-refractivity contribution is -0.139. The van der Waals surface area contributed by atoms with Gasteiger partial charge in [0.25, 0.3) is 11.8 Å². The van der Waals surface area contributed by atoms with Crippen LogP contribution in [-0.2, 0) is 23.9 Å². The van der Waals surface area contributed by atoms with Crippen LogP contribution in [0.5, 0.6) is 0 Å². The number of carbonyl (C=O) groups is 3. The molecule has 1 aliphatic rings. The van der Waals surface area contributed by atoms with Gasteiger partial charge < -0.3 is 14.4 Å². The number of imide groups is 1. The van der Waals surface area contributed by atoms with Gasteiger partial charge in [0.1, 0.15) is 6.61 Å². The molecule has 10 nitrogen and oxygen atoms in total. The van der Waals surface area contributed by atoms with Crippen LogP contribution in [0.3, 0.4) is 0 Å². The van der Waals surface area contributed by atoms with Crippen LogP contribution in [0.25, 0.3) is 10.4 Å². The van der Waals surface area contributed by atoms with E-state index in [4.69, 9.17) is 15.0 Å². The van der Waals surface area contributed by atoms with Gasteiger partial charge in [-0.3, -0.25) is 19.3 Å². The number of likely N-dealkylation sites (N-methyl/N-ethyl adjacent to an activating group) is 1. The average molecular weight is 339 g/mol. The lowest BCUT2D eigenvalue weighted by Crippen LogP contribution is -2.36. The molecule has 0 atom stereocenters. The van der Waals surface area contributed by atoms with Gasteiger partial charge >= 0.3 is 0 Å². The van der Waals surface area contributed by atoms with E-state index in [1.807, 2.05) is 6.92 Å². The Bertz CT molecular complexity index is 512. The molecular weight excluding hydrogens is 318 g/mol. The number of rotatable bonds is 12. The molecule has 0 saturated carbocycles. The monoisotopic (exact) mass is 339 g/mol. The van der Waals surface area contributed by atoms with Gasteiger partial charge in [-0.2, -0.15) is 0 Å². The molecule has 0 unspecified atom stereocenters. The molecule has 0 aromatic carbocycles. The molecule has 1 aliphatic heterocycles. The summed E-state index contributed by atoms with van der Waals surface area (Å²) in [5, 5.41) is 3.38. The quantitative estimate of drug-likeness (QED) is 0.164. The normalized spacial score (nSPS) is 13.3. The highest BCUT2D eigenvalue weighted by atomic mass is 16.5. The molecule has 0 radical (unpaired) electrons. The largest absolute Gasteiger partial charge is 0.377 e. The van der Waals surface area contributed by atoms with Crippen molar-refractivity contribution in [2.45, 2.75) is 6.92 Å². The highest BCUT2D eigenvalue weighted by Gasteiger charge is 2.22. The molecule has 10 heteroatoms. The predicted octanol–water partition coefficient (Wildman–Crippen LogP) is 0.103. The number of ether oxygens (including phenoxy) is 2. The third-order valence-electron chi connectivity index (χ3n) is 3.22. The molecule has 1 rings (SSSR count). The van der Waals surface area contributed by atoms with Crippen LogP contribution in [0.2, 0.25) is 0 Å². The van der Waals surface area contributed by atoms with Gasteiger partial charge in [-0.05, 0) is 12.5 Å². The van der Waals surface area contributed by atoms with Crippen LogP contribution in [0, 0.1) is 0 Å². The van der Waals surface area contributed by atoms with E-state index in [0.29, 0.717) is 13.1 Å². The molecule has 0 N–H and O–H groups in total. The number of hydrogen-bond donors (Lipinski definition) is 0. The maximum Gasteiger partial charge on any atom is 0.253 e. The van der Waals surface area contributed by atoms with Gasteiger partial charge in [-0.15, -0.1) is 0 Å². The standard InChI is InChI=1S/C14H21N5O5/c1-2-18(6-5-16-17-15)14(22)11-24-10-9-23-8-7-19-12(20)3-4-13(19)21/h3-4H,2,5-11H2,1H3. The molecule has 24 heavy (non-hydrogen) atoms. The second kappa shape index (κ2) is 11.2. The summed E-state index contributed by atoms with van der Waals surface area (Å²) in [7, 11) is 0. The molecule has 0 spiro atoms. The summed E-state index contributed by atoms with van der Waals surface area (Å²) in [6, 6.07) is 0. The molecule has 0 bridgehead atoms. The zero-order valence-electron chi connectivity index (χ0n) is 13.6. The van der Waals surface area contributed by atoms with Crippen LogP contribution in [0.15, 0.2) is 17.3 Å². The van der Waals surface area contributed by atoms with Gasteiger partial charge in [0, 0.05) is 36.7 Å². The minimum atomic E-state index is -0.342. The first kappa shape index (κ1) is 19.6. The van der Waals surface area contributed by atoms with E-state index in [1.54, 1.807) is 0 Å². The molecule has 0 aromatic heterocycles. The first-order valence-corrected chi connectivity index (χ1v) is 7.57. The summed E-state index contributed by atoms with van der Waals surface area (Å²) < 4.78 is 10.5. The van der Waals surface area contributed by atoms with Crippen molar-refractivity contribution in [2.24, 2.45) is 5.11 Å². The number of nitrogens with zero attached hydrogens (tertiary/aromatic N) is 5. The van der Waals surface area contributed by atoms with Gasteiger partial charge in [0.15, 0.2) is 0 Å². The van der Waals surface area contributed by atoms with Crippen molar-refractivity contribution in [3.8, 4) is 0 Å². The van der Waals surface area contributed by atoms with Crippen molar-refractivity contribution < 1.29 is 23.9 Å². The number of azide groups is 1. The van der Waals surface area contributed by atoms with E-state index in [2.05, 4.69) is 10.0 Å². The van der Waals surface area contributed by atoms with Crippen LogP contribution >= 0.6 is 0 Å². The molecule has 0 aliphatic carbocycles. The lowest BCUT2D eigenvalue weighted by Gasteiger charge is -2.19. The van der Waals surface area contributed by atoms with E-state index in [-0.39, 0.29) is 57.2 Å².